The number of rotatable bonds is 2. The lowest BCUT2D eigenvalue weighted by molar-refractivity contribution is 0.136. The SMILES string of the molecule is O=C(Oc1ccccc1)N1CCCC(c2ncc[nH]2)C1. The predicted molar refractivity (Wildman–Crippen MR) is 74.6 cm³/mol. The first kappa shape index (κ1) is 12.7. The van der Waals surface area contributed by atoms with Crippen molar-refractivity contribution in [3.05, 3.63) is 48.5 Å². The number of carbonyl (C=O) groups excluding carboxylic acids is 1. The topological polar surface area (TPSA) is 58.2 Å². The van der Waals surface area contributed by atoms with Crippen LogP contribution in [0, 0.1) is 0 Å². The monoisotopic (exact) mass is 271 g/mol. The van der Waals surface area contributed by atoms with Gasteiger partial charge in [0.15, 0.2) is 0 Å². The van der Waals surface area contributed by atoms with E-state index in [1.165, 1.54) is 0 Å². The Morgan fingerprint density at radius 3 is 2.95 bits per heavy atom. The first-order valence-electron chi connectivity index (χ1n) is 6.84. The molecule has 104 valence electrons. The molecular weight excluding hydrogens is 254 g/mol. The molecule has 1 atom stereocenters. The molecule has 0 saturated carbocycles. The third kappa shape index (κ3) is 2.82. The second kappa shape index (κ2) is 5.77. The summed E-state index contributed by atoms with van der Waals surface area (Å²) in [7, 11) is 0. The first-order chi connectivity index (χ1) is 9.83. The van der Waals surface area contributed by atoms with Crippen LogP contribution in [0.5, 0.6) is 5.75 Å². The molecule has 1 N–H and O–H groups in total. The summed E-state index contributed by atoms with van der Waals surface area (Å²) in [6, 6.07) is 9.16. The molecule has 1 aliphatic heterocycles. The van der Waals surface area contributed by atoms with Crippen molar-refractivity contribution in [1.82, 2.24) is 14.9 Å². The van der Waals surface area contributed by atoms with Crippen LogP contribution in [0.15, 0.2) is 42.7 Å². The van der Waals surface area contributed by atoms with E-state index in [1.807, 2.05) is 24.4 Å². The molecule has 20 heavy (non-hydrogen) atoms. The smallest absolute Gasteiger partial charge is 0.410 e. The summed E-state index contributed by atoms with van der Waals surface area (Å²) in [4.78, 5) is 21.3. The summed E-state index contributed by atoms with van der Waals surface area (Å²) in [5, 5.41) is 0. The van der Waals surface area contributed by atoms with Gasteiger partial charge in [-0.3, -0.25) is 0 Å². The second-order valence-corrected chi connectivity index (χ2v) is 4.94. The van der Waals surface area contributed by atoms with Gasteiger partial charge in [-0.2, -0.15) is 0 Å². The van der Waals surface area contributed by atoms with Gasteiger partial charge in [0.2, 0.25) is 0 Å². The van der Waals surface area contributed by atoms with Gasteiger partial charge in [-0.25, -0.2) is 9.78 Å². The molecule has 5 nitrogen and oxygen atoms in total. The van der Waals surface area contributed by atoms with Crippen molar-refractivity contribution >= 4 is 6.09 Å². The van der Waals surface area contributed by atoms with Gasteiger partial charge in [-0.1, -0.05) is 18.2 Å². The number of piperidine rings is 1. The highest BCUT2D eigenvalue weighted by Crippen LogP contribution is 2.25. The molecule has 1 saturated heterocycles. The Labute approximate surface area is 117 Å². The minimum absolute atomic E-state index is 0.266. The number of amides is 1. The summed E-state index contributed by atoms with van der Waals surface area (Å²) in [5.41, 5.74) is 0. The molecule has 3 rings (SSSR count). The van der Waals surface area contributed by atoms with E-state index >= 15 is 0 Å². The fourth-order valence-corrected chi connectivity index (χ4v) is 2.52. The van der Waals surface area contributed by atoms with E-state index in [9.17, 15) is 4.79 Å². The fraction of sp³-hybridized carbons (Fsp3) is 0.333. The van der Waals surface area contributed by atoms with Crippen LogP contribution in [-0.2, 0) is 0 Å². The maximum atomic E-state index is 12.2. The molecule has 1 aromatic carbocycles. The predicted octanol–water partition coefficient (Wildman–Crippen LogP) is 2.79. The number of ether oxygens (including phenoxy) is 1. The van der Waals surface area contributed by atoms with Crippen molar-refractivity contribution in [2.45, 2.75) is 18.8 Å². The Bertz CT molecular complexity index is 554. The van der Waals surface area contributed by atoms with Gasteiger partial charge < -0.3 is 14.6 Å². The highest BCUT2D eigenvalue weighted by atomic mass is 16.6. The number of nitrogens with zero attached hydrogens (tertiary/aromatic N) is 2. The van der Waals surface area contributed by atoms with Crippen molar-refractivity contribution in [3.63, 3.8) is 0 Å². The third-order valence-electron chi connectivity index (χ3n) is 3.53. The Kier molecular flexibility index (Phi) is 3.67. The van der Waals surface area contributed by atoms with E-state index in [2.05, 4.69) is 9.97 Å². The quantitative estimate of drug-likeness (QED) is 0.913. The highest BCUT2D eigenvalue weighted by Gasteiger charge is 2.27. The number of hydrogen-bond donors (Lipinski definition) is 1. The average Bonchev–Trinajstić information content (AvgIpc) is 3.03. The molecule has 2 aromatic rings. The number of nitrogens with one attached hydrogen (secondary N) is 1. The molecule has 1 fully saturated rings. The van der Waals surface area contributed by atoms with Gasteiger partial charge in [0, 0.05) is 31.4 Å². The van der Waals surface area contributed by atoms with E-state index < -0.39 is 0 Å². The molecule has 1 aromatic heterocycles. The van der Waals surface area contributed by atoms with Gasteiger partial charge in [-0.15, -0.1) is 0 Å². The first-order valence-corrected chi connectivity index (χ1v) is 6.84. The third-order valence-corrected chi connectivity index (χ3v) is 3.53. The summed E-state index contributed by atoms with van der Waals surface area (Å²) >= 11 is 0. The Hall–Kier alpha value is -2.30. The number of aromatic nitrogens is 2. The second-order valence-electron chi connectivity index (χ2n) is 4.94. The van der Waals surface area contributed by atoms with Gasteiger partial charge in [0.1, 0.15) is 11.6 Å². The maximum absolute atomic E-state index is 12.2. The zero-order valence-electron chi connectivity index (χ0n) is 11.2. The molecule has 2 heterocycles. The molecule has 1 aliphatic rings. The molecular formula is C15H17N3O2. The highest BCUT2D eigenvalue weighted by molar-refractivity contribution is 5.70. The number of imidazole rings is 1. The van der Waals surface area contributed by atoms with Crippen molar-refractivity contribution in [1.29, 1.82) is 0 Å². The Balaban J connectivity index is 1.63. The van der Waals surface area contributed by atoms with Crippen LogP contribution >= 0.6 is 0 Å². The number of carbonyl (C=O) groups is 1. The molecule has 0 spiro atoms. The van der Waals surface area contributed by atoms with E-state index in [1.54, 1.807) is 23.2 Å². The van der Waals surface area contributed by atoms with Crippen LogP contribution in [0.2, 0.25) is 0 Å². The number of hydrogen-bond acceptors (Lipinski definition) is 3. The zero-order valence-corrected chi connectivity index (χ0v) is 11.2. The molecule has 1 amide bonds. The lowest BCUT2D eigenvalue weighted by atomic mass is 9.98. The molecule has 0 aliphatic carbocycles. The van der Waals surface area contributed by atoms with Crippen LogP contribution in [0.1, 0.15) is 24.6 Å². The van der Waals surface area contributed by atoms with Gasteiger partial charge in [0.25, 0.3) is 0 Å². The van der Waals surface area contributed by atoms with Crippen molar-refractivity contribution < 1.29 is 9.53 Å². The number of para-hydroxylation sites is 1. The van der Waals surface area contributed by atoms with Crippen LogP contribution in [0.25, 0.3) is 0 Å². The van der Waals surface area contributed by atoms with Crippen molar-refractivity contribution in [2.24, 2.45) is 0 Å². The summed E-state index contributed by atoms with van der Waals surface area (Å²) in [6.45, 7) is 1.39. The van der Waals surface area contributed by atoms with E-state index in [0.29, 0.717) is 12.3 Å². The molecule has 1 unspecified atom stereocenters. The maximum Gasteiger partial charge on any atom is 0.415 e. The van der Waals surface area contributed by atoms with Crippen LogP contribution in [0.4, 0.5) is 4.79 Å². The number of H-pyrrole nitrogens is 1. The van der Waals surface area contributed by atoms with Gasteiger partial charge >= 0.3 is 6.09 Å². The fourth-order valence-electron chi connectivity index (χ4n) is 2.52. The lowest BCUT2D eigenvalue weighted by Crippen LogP contribution is -2.41. The lowest BCUT2D eigenvalue weighted by Gasteiger charge is -2.30. The molecule has 5 heteroatoms. The van der Waals surface area contributed by atoms with Crippen LogP contribution in [-0.4, -0.2) is 34.1 Å². The minimum atomic E-state index is -0.285. The summed E-state index contributed by atoms with van der Waals surface area (Å²) in [5.74, 6) is 1.79. The Morgan fingerprint density at radius 2 is 2.20 bits per heavy atom. The van der Waals surface area contributed by atoms with E-state index in [-0.39, 0.29) is 12.0 Å². The van der Waals surface area contributed by atoms with Crippen molar-refractivity contribution in [2.75, 3.05) is 13.1 Å². The normalized spacial score (nSPS) is 18.8. The summed E-state index contributed by atoms with van der Waals surface area (Å²) in [6.07, 6.45) is 5.29. The van der Waals surface area contributed by atoms with Gasteiger partial charge in [0.05, 0.1) is 0 Å². The average molecular weight is 271 g/mol. The summed E-state index contributed by atoms with van der Waals surface area (Å²) < 4.78 is 5.38. The molecule has 0 radical (unpaired) electrons. The van der Waals surface area contributed by atoms with Crippen molar-refractivity contribution in [3.8, 4) is 5.75 Å². The number of benzene rings is 1. The number of aromatic amines is 1. The number of likely N-dealkylation sites (tertiary alicyclic amines) is 1. The van der Waals surface area contributed by atoms with E-state index in [4.69, 9.17) is 4.74 Å². The van der Waals surface area contributed by atoms with E-state index in [0.717, 1.165) is 25.2 Å². The van der Waals surface area contributed by atoms with Gasteiger partial charge in [-0.05, 0) is 25.0 Å². The van der Waals surface area contributed by atoms with Crippen LogP contribution < -0.4 is 4.74 Å². The standard InChI is InChI=1S/C15H17N3O2/c19-15(20-13-6-2-1-3-7-13)18-10-4-5-12(11-18)14-16-8-9-17-14/h1-3,6-9,12H,4-5,10-11H2,(H,16,17). The molecule has 0 bridgehead atoms. The Morgan fingerprint density at radius 1 is 1.35 bits per heavy atom. The largest absolute Gasteiger partial charge is 0.415 e. The minimum Gasteiger partial charge on any atom is -0.410 e. The zero-order chi connectivity index (χ0) is 13.8. The van der Waals surface area contributed by atoms with Crippen LogP contribution in [0.3, 0.4) is 0 Å².